The summed E-state index contributed by atoms with van der Waals surface area (Å²) >= 11 is 0. The summed E-state index contributed by atoms with van der Waals surface area (Å²) in [7, 11) is 1.38. The van der Waals surface area contributed by atoms with Gasteiger partial charge in [0.15, 0.2) is 0 Å². The van der Waals surface area contributed by atoms with Crippen LogP contribution < -0.4 is 11.1 Å². The van der Waals surface area contributed by atoms with Gasteiger partial charge in [-0.1, -0.05) is 0 Å². The lowest BCUT2D eigenvalue weighted by molar-refractivity contribution is -0.139. The van der Waals surface area contributed by atoms with Gasteiger partial charge in [-0.05, 0) is 18.2 Å². The molecule has 0 aromatic heterocycles. The number of nitrogens with one attached hydrogen (secondary N) is 1. The van der Waals surface area contributed by atoms with Gasteiger partial charge < -0.3 is 20.9 Å². The van der Waals surface area contributed by atoms with E-state index >= 15 is 0 Å². The molecule has 0 radical (unpaired) electrons. The lowest BCUT2D eigenvalue weighted by atomic mass is 10.2. The van der Waals surface area contributed by atoms with E-state index < -0.39 is 23.8 Å². The number of anilines is 1. The van der Waals surface area contributed by atoms with Crippen LogP contribution in [0.3, 0.4) is 0 Å². The number of hydrogen-bond acceptors (Lipinski definition) is 4. The SMILES string of the molecule is COC(CNc1ccc(C(N)=O)cc1F)CC(=O)O. The number of benzene rings is 1. The number of carboxylic acids is 1. The summed E-state index contributed by atoms with van der Waals surface area (Å²) in [4.78, 5) is 21.4. The fourth-order valence-electron chi connectivity index (χ4n) is 1.47. The van der Waals surface area contributed by atoms with Gasteiger partial charge in [0.05, 0.1) is 18.2 Å². The van der Waals surface area contributed by atoms with Crippen molar-refractivity contribution >= 4 is 17.6 Å². The van der Waals surface area contributed by atoms with Crippen LogP contribution in [0.4, 0.5) is 10.1 Å². The number of halogens is 1. The number of methoxy groups -OCH3 is 1. The molecule has 0 aliphatic heterocycles. The molecule has 1 atom stereocenters. The Morgan fingerprint density at radius 1 is 1.53 bits per heavy atom. The van der Waals surface area contributed by atoms with E-state index in [-0.39, 0.29) is 24.2 Å². The summed E-state index contributed by atoms with van der Waals surface area (Å²) in [5, 5.41) is 11.4. The van der Waals surface area contributed by atoms with E-state index in [9.17, 15) is 14.0 Å². The van der Waals surface area contributed by atoms with E-state index in [2.05, 4.69) is 5.32 Å². The van der Waals surface area contributed by atoms with Gasteiger partial charge in [-0.15, -0.1) is 0 Å². The van der Waals surface area contributed by atoms with Gasteiger partial charge in [-0.2, -0.15) is 0 Å². The molecule has 0 fully saturated rings. The third-order valence-corrected chi connectivity index (χ3v) is 2.51. The molecule has 1 rings (SSSR count). The molecule has 0 aliphatic rings. The number of primary amides is 1. The highest BCUT2D eigenvalue weighted by atomic mass is 19.1. The monoisotopic (exact) mass is 270 g/mol. The minimum Gasteiger partial charge on any atom is -0.481 e. The van der Waals surface area contributed by atoms with Crippen LogP contribution >= 0.6 is 0 Å². The van der Waals surface area contributed by atoms with E-state index in [0.717, 1.165) is 6.07 Å². The summed E-state index contributed by atoms with van der Waals surface area (Å²) in [5.41, 5.74) is 5.24. The fraction of sp³-hybridized carbons (Fsp3) is 0.333. The molecule has 0 heterocycles. The molecule has 0 spiro atoms. The van der Waals surface area contributed by atoms with Gasteiger partial charge in [0.1, 0.15) is 5.82 Å². The van der Waals surface area contributed by atoms with Crippen molar-refractivity contribution in [2.24, 2.45) is 5.73 Å². The summed E-state index contributed by atoms with van der Waals surface area (Å²) in [6.07, 6.45) is -0.766. The average molecular weight is 270 g/mol. The fourth-order valence-corrected chi connectivity index (χ4v) is 1.47. The maximum absolute atomic E-state index is 13.6. The second-order valence-corrected chi connectivity index (χ2v) is 3.90. The van der Waals surface area contributed by atoms with Crippen LogP contribution in [-0.2, 0) is 9.53 Å². The van der Waals surface area contributed by atoms with Crippen LogP contribution in [0.15, 0.2) is 18.2 Å². The zero-order valence-corrected chi connectivity index (χ0v) is 10.4. The van der Waals surface area contributed by atoms with Gasteiger partial charge in [0.25, 0.3) is 0 Å². The molecule has 1 unspecified atom stereocenters. The zero-order chi connectivity index (χ0) is 14.4. The third kappa shape index (κ3) is 4.55. The highest BCUT2D eigenvalue weighted by Gasteiger charge is 2.13. The zero-order valence-electron chi connectivity index (χ0n) is 10.4. The Morgan fingerprint density at radius 3 is 2.68 bits per heavy atom. The number of ether oxygens (including phenoxy) is 1. The molecule has 104 valence electrons. The first-order valence-corrected chi connectivity index (χ1v) is 5.52. The van der Waals surface area contributed by atoms with Crippen LogP contribution in [0.25, 0.3) is 0 Å². The Bertz CT molecular complexity index is 479. The number of hydrogen-bond donors (Lipinski definition) is 3. The molecule has 4 N–H and O–H groups in total. The first kappa shape index (κ1) is 14.9. The first-order chi connectivity index (χ1) is 8.93. The first-order valence-electron chi connectivity index (χ1n) is 5.52. The molecule has 6 nitrogen and oxygen atoms in total. The lowest BCUT2D eigenvalue weighted by Gasteiger charge is -2.15. The molecule has 19 heavy (non-hydrogen) atoms. The number of carbonyl (C=O) groups is 2. The largest absolute Gasteiger partial charge is 0.481 e. The van der Waals surface area contributed by atoms with Crippen LogP contribution in [0.5, 0.6) is 0 Å². The standard InChI is InChI=1S/C12H15FN2O4/c1-19-8(5-11(16)17)6-15-10-3-2-7(12(14)18)4-9(10)13/h2-4,8,15H,5-6H2,1H3,(H2,14,18)(H,16,17). The molecule has 0 saturated carbocycles. The second kappa shape index (κ2) is 6.69. The summed E-state index contributed by atoms with van der Waals surface area (Å²) in [6, 6.07) is 3.76. The molecule has 1 aromatic carbocycles. The normalized spacial score (nSPS) is 11.9. The van der Waals surface area contributed by atoms with Crippen molar-refractivity contribution in [1.29, 1.82) is 0 Å². The molecular formula is C12H15FN2O4. The smallest absolute Gasteiger partial charge is 0.306 e. The summed E-state index contributed by atoms with van der Waals surface area (Å²) in [6.45, 7) is 0.135. The van der Waals surface area contributed by atoms with E-state index in [1.54, 1.807) is 0 Å². The van der Waals surface area contributed by atoms with Crippen LogP contribution in [0.2, 0.25) is 0 Å². The maximum atomic E-state index is 13.6. The number of carboxylic acid groups (broad SMARTS) is 1. The molecule has 0 aliphatic carbocycles. The number of aliphatic carboxylic acids is 1. The van der Waals surface area contributed by atoms with E-state index in [0.29, 0.717) is 0 Å². The highest BCUT2D eigenvalue weighted by molar-refractivity contribution is 5.93. The Kier molecular flexibility index (Phi) is 5.25. The van der Waals surface area contributed by atoms with E-state index in [1.165, 1.54) is 19.2 Å². The molecule has 0 saturated heterocycles. The topological polar surface area (TPSA) is 102 Å². The van der Waals surface area contributed by atoms with Gasteiger partial charge in [-0.3, -0.25) is 9.59 Å². The number of nitrogens with two attached hydrogens (primary N) is 1. The van der Waals surface area contributed by atoms with Crippen molar-refractivity contribution < 1.29 is 23.8 Å². The van der Waals surface area contributed by atoms with Crippen LogP contribution in [0.1, 0.15) is 16.8 Å². The van der Waals surface area contributed by atoms with Gasteiger partial charge in [0.2, 0.25) is 5.91 Å². The Hall–Kier alpha value is -2.15. The molecular weight excluding hydrogens is 255 g/mol. The van der Waals surface area contributed by atoms with Gasteiger partial charge in [0, 0.05) is 19.2 Å². The number of carbonyl (C=O) groups excluding carboxylic acids is 1. The van der Waals surface area contributed by atoms with Crippen molar-refractivity contribution in [2.45, 2.75) is 12.5 Å². The Morgan fingerprint density at radius 2 is 2.21 bits per heavy atom. The molecule has 0 bridgehead atoms. The van der Waals surface area contributed by atoms with Crippen LogP contribution in [-0.4, -0.2) is 36.7 Å². The Balaban J connectivity index is 2.67. The lowest BCUT2D eigenvalue weighted by Crippen LogP contribution is -2.25. The molecule has 1 amide bonds. The Labute approximate surface area is 109 Å². The predicted octanol–water partition coefficient (Wildman–Crippen LogP) is 0.826. The highest BCUT2D eigenvalue weighted by Crippen LogP contribution is 2.16. The average Bonchev–Trinajstić information content (AvgIpc) is 2.34. The summed E-state index contributed by atoms with van der Waals surface area (Å²) < 4.78 is 18.5. The quantitative estimate of drug-likeness (QED) is 0.681. The van der Waals surface area contributed by atoms with Crippen molar-refractivity contribution in [3.05, 3.63) is 29.6 Å². The number of amides is 1. The molecule has 1 aromatic rings. The second-order valence-electron chi connectivity index (χ2n) is 3.90. The van der Waals surface area contributed by atoms with Gasteiger partial charge >= 0.3 is 5.97 Å². The van der Waals surface area contributed by atoms with E-state index in [4.69, 9.17) is 15.6 Å². The molecule has 7 heteroatoms. The van der Waals surface area contributed by atoms with Crippen molar-refractivity contribution in [2.75, 3.05) is 19.0 Å². The van der Waals surface area contributed by atoms with Crippen molar-refractivity contribution in [1.82, 2.24) is 0 Å². The van der Waals surface area contributed by atoms with Crippen LogP contribution in [0, 0.1) is 5.82 Å². The summed E-state index contributed by atoms with van der Waals surface area (Å²) in [5.74, 6) is -2.36. The van der Waals surface area contributed by atoms with E-state index in [1.807, 2.05) is 0 Å². The van der Waals surface area contributed by atoms with Crippen molar-refractivity contribution in [3.8, 4) is 0 Å². The predicted molar refractivity (Wildman–Crippen MR) is 66.5 cm³/mol. The third-order valence-electron chi connectivity index (χ3n) is 2.51. The number of rotatable bonds is 7. The van der Waals surface area contributed by atoms with Gasteiger partial charge in [-0.25, -0.2) is 4.39 Å². The van der Waals surface area contributed by atoms with Crippen molar-refractivity contribution in [3.63, 3.8) is 0 Å². The maximum Gasteiger partial charge on any atom is 0.306 e. The minimum atomic E-state index is -1.00. The minimum absolute atomic E-state index is 0.0666.